The number of hydrogen-bond acceptors (Lipinski definition) is 5. The number of hydrogen-bond donors (Lipinski definition) is 1. The molecular weight excluding hydrogens is 344 g/mol. The number of ether oxygens (including phenoxy) is 3. The van der Waals surface area contributed by atoms with E-state index in [1.807, 2.05) is 23.1 Å². The number of morpholine rings is 1. The first-order chi connectivity index (χ1) is 11.7. The van der Waals surface area contributed by atoms with Gasteiger partial charge in [-0.15, -0.1) is 12.4 Å². The molecule has 2 aliphatic heterocycles. The lowest BCUT2D eigenvalue weighted by Gasteiger charge is -2.29. The Labute approximate surface area is 155 Å². The maximum atomic E-state index is 12.8. The van der Waals surface area contributed by atoms with Crippen molar-refractivity contribution in [2.24, 2.45) is 0 Å². The summed E-state index contributed by atoms with van der Waals surface area (Å²) in [5, 5.41) is 3.35. The van der Waals surface area contributed by atoms with Crippen LogP contribution in [-0.4, -0.2) is 57.4 Å². The van der Waals surface area contributed by atoms with Crippen LogP contribution in [0, 0.1) is 0 Å². The molecule has 1 aromatic carbocycles. The number of likely N-dealkylation sites (tertiary alicyclic amines) is 1. The number of methoxy groups -OCH3 is 2. The van der Waals surface area contributed by atoms with Crippen LogP contribution in [0.5, 0.6) is 11.5 Å². The van der Waals surface area contributed by atoms with Gasteiger partial charge in [-0.1, -0.05) is 0 Å². The van der Waals surface area contributed by atoms with Gasteiger partial charge < -0.3 is 24.4 Å². The molecule has 0 saturated carbocycles. The molecule has 140 valence electrons. The Kier molecular flexibility index (Phi) is 7.35. The van der Waals surface area contributed by atoms with Crippen molar-refractivity contribution < 1.29 is 19.0 Å². The SMILES string of the molecule is COc1ccc(C2CCCN2C(=O)CC2COCCN2)c(OC)c1.Cl. The summed E-state index contributed by atoms with van der Waals surface area (Å²) in [4.78, 5) is 14.8. The predicted molar refractivity (Wildman–Crippen MR) is 97.7 cm³/mol. The normalized spacial score (nSPS) is 23.0. The van der Waals surface area contributed by atoms with Gasteiger partial charge in [-0.25, -0.2) is 0 Å². The molecule has 1 amide bonds. The fourth-order valence-corrected chi connectivity index (χ4v) is 3.56. The fourth-order valence-electron chi connectivity index (χ4n) is 3.56. The summed E-state index contributed by atoms with van der Waals surface area (Å²) in [5.41, 5.74) is 1.05. The molecule has 2 aliphatic rings. The van der Waals surface area contributed by atoms with Gasteiger partial charge in [0, 0.05) is 37.2 Å². The van der Waals surface area contributed by atoms with Crippen LogP contribution in [0.15, 0.2) is 18.2 Å². The molecule has 0 aliphatic carbocycles. The van der Waals surface area contributed by atoms with Gasteiger partial charge in [0.1, 0.15) is 11.5 Å². The third kappa shape index (κ3) is 4.57. The zero-order valence-corrected chi connectivity index (χ0v) is 15.6. The Bertz CT molecular complexity index is 578. The molecular formula is C18H27ClN2O4. The first-order valence-electron chi connectivity index (χ1n) is 8.55. The predicted octanol–water partition coefficient (Wildman–Crippen LogP) is 2.17. The highest BCUT2D eigenvalue weighted by molar-refractivity contribution is 5.85. The van der Waals surface area contributed by atoms with E-state index in [1.165, 1.54) is 0 Å². The highest BCUT2D eigenvalue weighted by Crippen LogP contribution is 2.39. The van der Waals surface area contributed by atoms with Crippen LogP contribution >= 0.6 is 12.4 Å². The topological polar surface area (TPSA) is 60.0 Å². The maximum Gasteiger partial charge on any atom is 0.224 e. The van der Waals surface area contributed by atoms with Crippen molar-refractivity contribution >= 4 is 18.3 Å². The first-order valence-corrected chi connectivity index (χ1v) is 8.55. The smallest absolute Gasteiger partial charge is 0.224 e. The fraction of sp³-hybridized carbons (Fsp3) is 0.611. The molecule has 2 fully saturated rings. The maximum absolute atomic E-state index is 12.8. The highest BCUT2D eigenvalue weighted by Gasteiger charge is 2.33. The molecule has 1 N–H and O–H groups in total. The van der Waals surface area contributed by atoms with Crippen molar-refractivity contribution in [1.82, 2.24) is 10.2 Å². The third-order valence-corrected chi connectivity index (χ3v) is 4.79. The van der Waals surface area contributed by atoms with Crippen molar-refractivity contribution in [3.05, 3.63) is 23.8 Å². The molecule has 25 heavy (non-hydrogen) atoms. The minimum absolute atomic E-state index is 0. The van der Waals surface area contributed by atoms with Crippen LogP contribution in [-0.2, 0) is 9.53 Å². The van der Waals surface area contributed by atoms with E-state index in [-0.39, 0.29) is 30.4 Å². The molecule has 1 aromatic rings. The largest absolute Gasteiger partial charge is 0.497 e. The van der Waals surface area contributed by atoms with Crippen LogP contribution in [0.3, 0.4) is 0 Å². The number of carbonyl (C=O) groups is 1. The third-order valence-electron chi connectivity index (χ3n) is 4.79. The van der Waals surface area contributed by atoms with Crippen LogP contribution in [0.25, 0.3) is 0 Å². The molecule has 2 atom stereocenters. The molecule has 0 bridgehead atoms. The van der Waals surface area contributed by atoms with Gasteiger partial charge in [0.05, 0.1) is 33.5 Å². The van der Waals surface area contributed by atoms with Crippen molar-refractivity contribution in [1.29, 1.82) is 0 Å². The molecule has 2 unspecified atom stereocenters. The van der Waals surface area contributed by atoms with Crippen LogP contribution in [0.1, 0.15) is 30.9 Å². The summed E-state index contributed by atoms with van der Waals surface area (Å²) in [7, 11) is 3.29. The van der Waals surface area contributed by atoms with Gasteiger partial charge in [-0.05, 0) is 25.0 Å². The van der Waals surface area contributed by atoms with Gasteiger partial charge in [-0.2, -0.15) is 0 Å². The molecule has 7 heteroatoms. The number of carbonyl (C=O) groups excluding carboxylic acids is 1. The van der Waals surface area contributed by atoms with Gasteiger partial charge in [0.15, 0.2) is 0 Å². The molecule has 2 saturated heterocycles. The lowest BCUT2D eigenvalue weighted by molar-refractivity contribution is -0.133. The minimum atomic E-state index is 0. The van der Waals surface area contributed by atoms with Gasteiger partial charge in [-0.3, -0.25) is 4.79 Å². The lowest BCUT2D eigenvalue weighted by atomic mass is 10.0. The van der Waals surface area contributed by atoms with Gasteiger partial charge in [0.2, 0.25) is 5.91 Å². The Hall–Kier alpha value is -1.50. The quantitative estimate of drug-likeness (QED) is 0.860. The summed E-state index contributed by atoms with van der Waals surface area (Å²) >= 11 is 0. The van der Waals surface area contributed by atoms with E-state index in [0.29, 0.717) is 13.0 Å². The van der Waals surface area contributed by atoms with E-state index in [0.717, 1.165) is 49.6 Å². The van der Waals surface area contributed by atoms with E-state index in [9.17, 15) is 4.79 Å². The second-order valence-electron chi connectivity index (χ2n) is 6.28. The van der Waals surface area contributed by atoms with Crippen LogP contribution in [0.2, 0.25) is 0 Å². The lowest BCUT2D eigenvalue weighted by Crippen LogP contribution is -2.45. The van der Waals surface area contributed by atoms with Crippen molar-refractivity contribution in [2.45, 2.75) is 31.3 Å². The minimum Gasteiger partial charge on any atom is -0.497 e. The van der Waals surface area contributed by atoms with Gasteiger partial charge >= 0.3 is 0 Å². The summed E-state index contributed by atoms with van der Waals surface area (Å²) < 4.78 is 16.2. The van der Waals surface area contributed by atoms with Crippen molar-refractivity contribution in [3.63, 3.8) is 0 Å². The van der Waals surface area contributed by atoms with E-state index >= 15 is 0 Å². The van der Waals surface area contributed by atoms with Crippen LogP contribution in [0.4, 0.5) is 0 Å². The molecule has 2 heterocycles. The first kappa shape index (κ1) is 19.8. The monoisotopic (exact) mass is 370 g/mol. The van der Waals surface area contributed by atoms with Gasteiger partial charge in [0.25, 0.3) is 0 Å². The van der Waals surface area contributed by atoms with E-state index in [4.69, 9.17) is 14.2 Å². The standard InChI is InChI=1S/C18H26N2O4.ClH/c1-22-14-5-6-15(17(11-14)23-2)16-4-3-8-20(16)18(21)10-13-12-24-9-7-19-13;/h5-6,11,13,16,19H,3-4,7-10,12H2,1-2H3;1H. The molecule has 0 aromatic heterocycles. The van der Waals surface area contributed by atoms with E-state index in [1.54, 1.807) is 14.2 Å². The Morgan fingerprint density at radius 1 is 1.36 bits per heavy atom. The second-order valence-corrected chi connectivity index (χ2v) is 6.28. The number of nitrogens with one attached hydrogen (secondary N) is 1. The summed E-state index contributed by atoms with van der Waals surface area (Å²) in [6.45, 7) is 2.94. The zero-order valence-electron chi connectivity index (χ0n) is 14.8. The van der Waals surface area contributed by atoms with E-state index in [2.05, 4.69) is 5.32 Å². The number of rotatable bonds is 5. The van der Waals surface area contributed by atoms with Crippen molar-refractivity contribution in [2.75, 3.05) is 40.5 Å². The Balaban J connectivity index is 0.00000225. The van der Waals surface area contributed by atoms with Crippen molar-refractivity contribution in [3.8, 4) is 11.5 Å². The Morgan fingerprint density at radius 2 is 2.20 bits per heavy atom. The summed E-state index contributed by atoms with van der Waals surface area (Å²) in [6.07, 6.45) is 2.46. The van der Waals surface area contributed by atoms with Crippen LogP contribution < -0.4 is 14.8 Å². The molecule has 6 nitrogen and oxygen atoms in total. The molecule has 0 radical (unpaired) electrons. The molecule has 3 rings (SSSR count). The highest BCUT2D eigenvalue weighted by atomic mass is 35.5. The zero-order chi connectivity index (χ0) is 16.9. The van der Waals surface area contributed by atoms with E-state index < -0.39 is 0 Å². The number of amides is 1. The number of benzene rings is 1. The summed E-state index contributed by atoms with van der Waals surface area (Å²) in [6, 6.07) is 6.01. The average Bonchev–Trinajstić information content (AvgIpc) is 3.11. The second kappa shape index (κ2) is 9.27. The summed E-state index contributed by atoms with van der Waals surface area (Å²) in [5.74, 6) is 1.71. The number of halogens is 1. The average molecular weight is 371 g/mol. The number of nitrogens with zero attached hydrogens (tertiary/aromatic N) is 1. The molecule has 0 spiro atoms. The Morgan fingerprint density at radius 3 is 2.88 bits per heavy atom.